The van der Waals surface area contributed by atoms with Gasteiger partial charge in [-0.3, -0.25) is 4.79 Å². The van der Waals surface area contributed by atoms with E-state index in [1.165, 1.54) is 17.6 Å². The fourth-order valence-corrected chi connectivity index (χ4v) is 3.59. The second-order valence-corrected chi connectivity index (χ2v) is 7.28. The van der Waals surface area contributed by atoms with Crippen molar-refractivity contribution in [3.63, 3.8) is 0 Å². The van der Waals surface area contributed by atoms with E-state index in [2.05, 4.69) is 20.8 Å². The molecule has 2 rings (SSSR count). The minimum absolute atomic E-state index is 0.0279. The van der Waals surface area contributed by atoms with Gasteiger partial charge in [0, 0.05) is 32.3 Å². The van der Waals surface area contributed by atoms with Crippen LogP contribution in [0.4, 0.5) is 4.79 Å². The van der Waals surface area contributed by atoms with Crippen molar-refractivity contribution in [3.8, 4) is 0 Å². The highest BCUT2D eigenvalue weighted by atomic mass is 16.6. The summed E-state index contributed by atoms with van der Waals surface area (Å²) < 4.78 is 5.00. The topological polar surface area (TPSA) is 49.9 Å². The first-order valence-electron chi connectivity index (χ1n) is 8.94. The average Bonchev–Trinajstić information content (AvgIpc) is 2.54. The first kappa shape index (κ1) is 18.6. The molecule has 2 aliphatic rings. The zero-order valence-corrected chi connectivity index (χ0v) is 15.4. The molecule has 0 spiro atoms. The first-order chi connectivity index (χ1) is 11.3. The van der Waals surface area contributed by atoms with Crippen molar-refractivity contribution in [2.24, 2.45) is 5.41 Å². The minimum atomic E-state index is -0.287. The molecule has 0 radical (unpaired) electrons. The summed E-state index contributed by atoms with van der Waals surface area (Å²) in [6.07, 6.45) is 6.93. The Hall–Kier alpha value is -1.78. The summed E-state index contributed by atoms with van der Waals surface area (Å²) in [5.41, 5.74) is 2.83. The van der Waals surface area contributed by atoms with Gasteiger partial charge in [0.15, 0.2) is 0 Å². The average molecular weight is 334 g/mol. The van der Waals surface area contributed by atoms with Crippen LogP contribution in [-0.2, 0) is 9.53 Å². The van der Waals surface area contributed by atoms with E-state index >= 15 is 0 Å². The van der Waals surface area contributed by atoms with Crippen molar-refractivity contribution in [2.45, 2.75) is 47.0 Å². The van der Waals surface area contributed by atoms with Crippen LogP contribution in [0, 0.1) is 5.41 Å². The van der Waals surface area contributed by atoms with E-state index in [1.807, 2.05) is 6.08 Å². The summed E-state index contributed by atoms with van der Waals surface area (Å²) in [7, 11) is 0. The Kier molecular flexibility index (Phi) is 6.08. The maximum atomic E-state index is 12.4. The number of allylic oxidation sites excluding steroid dienone is 3. The predicted octanol–water partition coefficient (Wildman–Crippen LogP) is 3.37. The molecular formula is C19H30N2O3. The summed E-state index contributed by atoms with van der Waals surface area (Å²) in [5.74, 6) is 0.0279. The Morgan fingerprint density at radius 1 is 1.17 bits per heavy atom. The molecule has 0 aromatic carbocycles. The second kappa shape index (κ2) is 7.86. The Labute approximate surface area is 145 Å². The fourth-order valence-electron chi connectivity index (χ4n) is 3.59. The molecule has 1 fully saturated rings. The summed E-state index contributed by atoms with van der Waals surface area (Å²) in [5, 5.41) is 0. The fraction of sp³-hybridized carbons (Fsp3) is 0.684. The van der Waals surface area contributed by atoms with Gasteiger partial charge in [-0.05, 0) is 44.1 Å². The Morgan fingerprint density at radius 2 is 1.79 bits per heavy atom. The van der Waals surface area contributed by atoms with Gasteiger partial charge >= 0.3 is 6.09 Å². The lowest BCUT2D eigenvalue weighted by Crippen LogP contribution is -2.50. The van der Waals surface area contributed by atoms with Gasteiger partial charge < -0.3 is 14.5 Å². The minimum Gasteiger partial charge on any atom is -0.450 e. The predicted molar refractivity (Wildman–Crippen MR) is 94.6 cm³/mol. The molecule has 0 unspecified atom stereocenters. The normalized spacial score (nSPS) is 21.3. The molecule has 2 amide bonds. The third kappa shape index (κ3) is 4.40. The molecule has 1 saturated heterocycles. The number of nitrogens with zero attached hydrogens (tertiary/aromatic N) is 2. The highest BCUT2D eigenvalue weighted by Crippen LogP contribution is 2.40. The lowest BCUT2D eigenvalue weighted by molar-refractivity contribution is -0.127. The highest BCUT2D eigenvalue weighted by molar-refractivity contribution is 5.88. The van der Waals surface area contributed by atoms with E-state index < -0.39 is 0 Å². The summed E-state index contributed by atoms with van der Waals surface area (Å²) >= 11 is 0. The number of hydrogen-bond acceptors (Lipinski definition) is 3. The van der Waals surface area contributed by atoms with E-state index in [9.17, 15) is 9.59 Å². The zero-order valence-electron chi connectivity index (χ0n) is 15.4. The standard InChI is InChI=1S/C19H30N2O3/c1-5-24-18(23)21-13-11-20(12-14-21)17(22)9-8-16-15(2)7-6-10-19(16,3)4/h8-9H,5-7,10-14H2,1-4H3. The van der Waals surface area contributed by atoms with Crippen LogP contribution in [0.5, 0.6) is 0 Å². The van der Waals surface area contributed by atoms with Crippen LogP contribution in [0.1, 0.15) is 47.0 Å². The maximum absolute atomic E-state index is 12.4. The molecule has 0 saturated carbocycles. The van der Waals surface area contributed by atoms with E-state index in [0.29, 0.717) is 32.8 Å². The van der Waals surface area contributed by atoms with Crippen molar-refractivity contribution in [2.75, 3.05) is 32.8 Å². The molecule has 0 N–H and O–H groups in total. The summed E-state index contributed by atoms with van der Waals surface area (Å²) in [4.78, 5) is 27.6. The highest BCUT2D eigenvalue weighted by Gasteiger charge is 2.27. The van der Waals surface area contributed by atoms with Gasteiger partial charge in [-0.15, -0.1) is 0 Å². The van der Waals surface area contributed by atoms with Crippen molar-refractivity contribution < 1.29 is 14.3 Å². The summed E-state index contributed by atoms with van der Waals surface area (Å²) in [6.45, 7) is 11.0. The van der Waals surface area contributed by atoms with Gasteiger partial charge in [0.05, 0.1) is 6.61 Å². The van der Waals surface area contributed by atoms with Crippen LogP contribution in [0.2, 0.25) is 0 Å². The number of hydrogen-bond donors (Lipinski definition) is 0. The molecule has 0 aromatic heterocycles. The molecule has 1 aliphatic carbocycles. The molecule has 1 aliphatic heterocycles. The Bertz CT molecular complexity index is 541. The lowest BCUT2D eigenvalue weighted by atomic mass is 9.72. The zero-order chi connectivity index (χ0) is 17.7. The number of ether oxygens (including phenoxy) is 1. The monoisotopic (exact) mass is 334 g/mol. The van der Waals surface area contributed by atoms with Crippen LogP contribution < -0.4 is 0 Å². The van der Waals surface area contributed by atoms with Gasteiger partial charge in [-0.25, -0.2) is 4.79 Å². The van der Waals surface area contributed by atoms with Gasteiger partial charge in [-0.1, -0.05) is 25.5 Å². The third-order valence-corrected chi connectivity index (χ3v) is 5.05. The smallest absolute Gasteiger partial charge is 0.409 e. The van der Waals surface area contributed by atoms with Gasteiger partial charge in [0.1, 0.15) is 0 Å². The molecule has 0 aromatic rings. The lowest BCUT2D eigenvalue weighted by Gasteiger charge is -2.34. The van der Waals surface area contributed by atoms with E-state index in [1.54, 1.807) is 22.8 Å². The van der Waals surface area contributed by atoms with Gasteiger partial charge in [0.2, 0.25) is 5.91 Å². The number of carbonyl (C=O) groups excluding carboxylic acids is 2. The number of carbonyl (C=O) groups is 2. The van der Waals surface area contributed by atoms with Crippen molar-refractivity contribution in [1.82, 2.24) is 9.80 Å². The van der Waals surface area contributed by atoms with Gasteiger partial charge in [0.25, 0.3) is 0 Å². The quantitative estimate of drug-likeness (QED) is 0.744. The first-order valence-corrected chi connectivity index (χ1v) is 8.94. The largest absolute Gasteiger partial charge is 0.450 e. The van der Waals surface area contributed by atoms with Crippen molar-refractivity contribution in [3.05, 3.63) is 23.3 Å². The van der Waals surface area contributed by atoms with Crippen molar-refractivity contribution >= 4 is 12.0 Å². The third-order valence-electron chi connectivity index (χ3n) is 5.05. The summed E-state index contributed by atoms with van der Waals surface area (Å²) in [6, 6.07) is 0. The SMILES string of the molecule is CCOC(=O)N1CCN(C(=O)C=CC2=C(C)CCCC2(C)C)CC1. The Balaban J connectivity index is 1.93. The number of piperazine rings is 1. The van der Waals surface area contributed by atoms with Gasteiger partial charge in [-0.2, -0.15) is 0 Å². The molecular weight excluding hydrogens is 304 g/mol. The van der Waals surface area contributed by atoms with E-state index in [-0.39, 0.29) is 17.4 Å². The molecule has 1 heterocycles. The molecule has 0 atom stereocenters. The van der Waals surface area contributed by atoms with Crippen LogP contribution in [0.25, 0.3) is 0 Å². The van der Waals surface area contributed by atoms with Crippen molar-refractivity contribution in [1.29, 1.82) is 0 Å². The second-order valence-electron chi connectivity index (χ2n) is 7.28. The Morgan fingerprint density at radius 3 is 2.38 bits per heavy atom. The van der Waals surface area contributed by atoms with Crippen LogP contribution >= 0.6 is 0 Å². The van der Waals surface area contributed by atoms with Crippen LogP contribution in [0.3, 0.4) is 0 Å². The maximum Gasteiger partial charge on any atom is 0.409 e. The number of amides is 2. The number of rotatable bonds is 3. The molecule has 0 bridgehead atoms. The molecule has 5 heteroatoms. The van der Waals surface area contributed by atoms with Crippen LogP contribution in [-0.4, -0.2) is 54.6 Å². The van der Waals surface area contributed by atoms with Crippen LogP contribution in [0.15, 0.2) is 23.3 Å². The van der Waals surface area contributed by atoms with E-state index in [0.717, 1.165) is 12.8 Å². The molecule has 134 valence electrons. The molecule has 5 nitrogen and oxygen atoms in total. The van der Waals surface area contributed by atoms with E-state index in [4.69, 9.17) is 4.74 Å². The molecule has 24 heavy (non-hydrogen) atoms.